The van der Waals surface area contributed by atoms with Gasteiger partial charge in [-0.25, -0.2) is 18.4 Å². The highest BCUT2D eigenvalue weighted by Crippen LogP contribution is 2.30. The Balaban J connectivity index is 1.41. The first kappa shape index (κ1) is 22.9. The van der Waals surface area contributed by atoms with Gasteiger partial charge in [0.15, 0.2) is 15.7 Å². The molecule has 3 aromatic rings. The van der Waals surface area contributed by atoms with E-state index in [1.807, 2.05) is 24.3 Å². The monoisotopic (exact) mass is 477 g/mol. The number of anilines is 1. The minimum Gasteiger partial charge on any atom is -0.356 e. The predicted octanol–water partition coefficient (Wildman–Crippen LogP) is 3.75. The first-order valence-electron chi connectivity index (χ1n) is 12.2. The van der Waals surface area contributed by atoms with Gasteiger partial charge in [-0.1, -0.05) is 37.1 Å². The van der Waals surface area contributed by atoms with Crippen LogP contribution in [0.15, 0.2) is 59.6 Å². The summed E-state index contributed by atoms with van der Waals surface area (Å²) in [4.78, 5) is 19.4. The van der Waals surface area contributed by atoms with Gasteiger partial charge in [-0.15, -0.1) is 0 Å². The van der Waals surface area contributed by atoms with E-state index in [-0.39, 0.29) is 5.75 Å². The second-order valence-electron chi connectivity index (χ2n) is 9.07. The molecule has 34 heavy (non-hydrogen) atoms. The molecule has 0 radical (unpaired) electrons. The fourth-order valence-corrected chi connectivity index (χ4v) is 6.10. The molecule has 8 heteroatoms. The van der Waals surface area contributed by atoms with Crippen LogP contribution in [-0.4, -0.2) is 60.2 Å². The lowest BCUT2D eigenvalue weighted by atomic mass is 10.0. The molecule has 0 unspecified atom stereocenters. The molecule has 2 aliphatic heterocycles. The Labute approximate surface area is 201 Å². The lowest BCUT2D eigenvalue weighted by Gasteiger charge is -2.32. The number of benzene rings is 1. The van der Waals surface area contributed by atoms with Crippen molar-refractivity contribution in [2.75, 3.05) is 36.8 Å². The van der Waals surface area contributed by atoms with Gasteiger partial charge in [-0.2, -0.15) is 0 Å². The molecule has 5 rings (SSSR count). The van der Waals surface area contributed by atoms with Gasteiger partial charge >= 0.3 is 0 Å². The van der Waals surface area contributed by atoms with Crippen molar-refractivity contribution in [2.45, 2.75) is 43.5 Å². The van der Waals surface area contributed by atoms with Crippen LogP contribution in [0.3, 0.4) is 0 Å². The Morgan fingerprint density at radius 1 is 0.853 bits per heavy atom. The van der Waals surface area contributed by atoms with Crippen molar-refractivity contribution in [1.29, 1.82) is 0 Å². The maximum atomic E-state index is 12.8. The average Bonchev–Trinajstić information content (AvgIpc) is 3.17. The summed E-state index contributed by atoms with van der Waals surface area (Å²) in [7, 11) is -3.31. The summed E-state index contributed by atoms with van der Waals surface area (Å²) in [6.07, 6.45) is 7.39. The molecule has 0 bridgehead atoms. The van der Waals surface area contributed by atoms with Crippen LogP contribution in [-0.2, 0) is 22.8 Å². The highest BCUT2D eigenvalue weighted by Gasteiger charge is 2.27. The summed E-state index contributed by atoms with van der Waals surface area (Å²) in [5, 5.41) is 0. The summed E-state index contributed by atoms with van der Waals surface area (Å²) in [5.74, 6) is 1.79. The third kappa shape index (κ3) is 5.13. The van der Waals surface area contributed by atoms with Crippen molar-refractivity contribution < 1.29 is 8.42 Å². The van der Waals surface area contributed by atoms with Gasteiger partial charge in [0, 0.05) is 50.9 Å². The summed E-state index contributed by atoms with van der Waals surface area (Å²) < 4.78 is 25.6. The molecule has 0 amide bonds. The Kier molecular flexibility index (Phi) is 6.87. The second-order valence-corrected chi connectivity index (χ2v) is 11.2. The number of aromatic nitrogens is 3. The highest BCUT2D eigenvalue weighted by atomic mass is 32.2. The van der Waals surface area contributed by atoms with Gasteiger partial charge in [-0.3, -0.25) is 9.88 Å². The molecule has 7 nitrogen and oxygen atoms in total. The lowest BCUT2D eigenvalue weighted by Crippen LogP contribution is -2.37. The van der Waals surface area contributed by atoms with Crippen molar-refractivity contribution >= 4 is 15.7 Å². The van der Waals surface area contributed by atoms with Crippen LogP contribution < -0.4 is 4.90 Å². The zero-order chi connectivity index (χ0) is 23.4. The molecular formula is C26H31N5O2S. The number of hydrogen-bond donors (Lipinski definition) is 0. The lowest BCUT2D eigenvalue weighted by molar-refractivity contribution is 0.266. The standard InChI is InChI=1S/C26H31N5O2S/c32-34(33,21-10-4-3-5-11-21)19-18-30-17-13-23-22(20-30)26(31-15-8-1-2-9-16-31)29-25(28-23)24-12-6-7-14-27-24/h3-7,10-12,14H,1-2,8-9,13,15-20H2. The fourth-order valence-electron chi connectivity index (χ4n) is 4.79. The van der Waals surface area contributed by atoms with Crippen LogP contribution in [0.4, 0.5) is 5.82 Å². The van der Waals surface area contributed by atoms with Gasteiger partial charge in [0.2, 0.25) is 0 Å². The molecule has 1 fully saturated rings. The minimum absolute atomic E-state index is 0.109. The molecule has 1 saturated heterocycles. The van der Waals surface area contributed by atoms with E-state index in [4.69, 9.17) is 9.97 Å². The van der Waals surface area contributed by atoms with Crippen LogP contribution in [0.1, 0.15) is 36.9 Å². The van der Waals surface area contributed by atoms with Gasteiger partial charge in [0.05, 0.1) is 16.3 Å². The van der Waals surface area contributed by atoms with Crippen LogP contribution in [0.2, 0.25) is 0 Å². The summed E-state index contributed by atoms with van der Waals surface area (Å²) in [6.45, 7) is 3.95. The van der Waals surface area contributed by atoms with E-state index in [9.17, 15) is 8.42 Å². The average molecular weight is 478 g/mol. The van der Waals surface area contributed by atoms with Gasteiger partial charge in [-0.05, 0) is 37.1 Å². The first-order valence-corrected chi connectivity index (χ1v) is 13.8. The number of nitrogens with zero attached hydrogens (tertiary/aromatic N) is 5. The topological polar surface area (TPSA) is 79.3 Å². The van der Waals surface area contributed by atoms with E-state index in [0.29, 0.717) is 23.8 Å². The van der Waals surface area contributed by atoms with Gasteiger partial charge in [0.25, 0.3) is 0 Å². The maximum Gasteiger partial charge on any atom is 0.180 e. The van der Waals surface area contributed by atoms with Gasteiger partial charge in [0.1, 0.15) is 11.5 Å². The molecule has 0 spiro atoms. The highest BCUT2D eigenvalue weighted by molar-refractivity contribution is 7.91. The van der Waals surface area contributed by atoms with Crippen LogP contribution in [0.25, 0.3) is 11.5 Å². The minimum atomic E-state index is -3.31. The SMILES string of the molecule is O=S(=O)(CCN1CCc2nc(-c3ccccn3)nc(N3CCCCCC3)c2C1)c1ccccc1. The zero-order valence-corrected chi connectivity index (χ0v) is 20.3. The maximum absolute atomic E-state index is 12.8. The number of sulfone groups is 1. The largest absolute Gasteiger partial charge is 0.356 e. The molecule has 0 atom stereocenters. The molecular weight excluding hydrogens is 446 g/mol. The molecule has 2 aromatic heterocycles. The van der Waals surface area contributed by atoms with Crippen molar-refractivity contribution in [3.8, 4) is 11.5 Å². The Bertz CT molecular complexity index is 1210. The molecule has 2 aliphatic rings. The fraction of sp³-hybridized carbons (Fsp3) is 0.423. The molecule has 178 valence electrons. The van der Waals surface area contributed by atoms with Crippen molar-refractivity contribution in [1.82, 2.24) is 19.9 Å². The van der Waals surface area contributed by atoms with Crippen molar-refractivity contribution in [3.63, 3.8) is 0 Å². The second kappa shape index (κ2) is 10.2. The van der Waals surface area contributed by atoms with Crippen molar-refractivity contribution in [3.05, 3.63) is 66.0 Å². The molecule has 4 heterocycles. The quantitative estimate of drug-likeness (QED) is 0.535. The molecule has 0 saturated carbocycles. The van der Waals surface area contributed by atoms with E-state index in [1.165, 1.54) is 12.8 Å². The number of rotatable bonds is 6. The number of fused-ring (bicyclic) bond motifs is 1. The normalized spacial score (nSPS) is 17.2. The van der Waals surface area contributed by atoms with Gasteiger partial charge < -0.3 is 4.90 Å². The third-order valence-corrected chi connectivity index (χ3v) is 8.41. The van der Waals surface area contributed by atoms with Crippen LogP contribution in [0, 0.1) is 0 Å². The summed E-state index contributed by atoms with van der Waals surface area (Å²) >= 11 is 0. The summed E-state index contributed by atoms with van der Waals surface area (Å²) in [5.41, 5.74) is 3.00. The van der Waals surface area contributed by atoms with Crippen LogP contribution >= 0.6 is 0 Å². The van der Waals surface area contributed by atoms with Crippen molar-refractivity contribution in [2.24, 2.45) is 0 Å². The molecule has 0 aliphatic carbocycles. The molecule has 1 aromatic carbocycles. The smallest absolute Gasteiger partial charge is 0.180 e. The molecule has 0 N–H and O–H groups in total. The van der Waals surface area contributed by atoms with E-state index < -0.39 is 9.84 Å². The van der Waals surface area contributed by atoms with E-state index in [1.54, 1.807) is 30.5 Å². The Morgan fingerprint density at radius 2 is 1.62 bits per heavy atom. The summed E-state index contributed by atoms with van der Waals surface area (Å²) in [6, 6.07) is 14.5. The first-order chi connectivity index (χ1) is 16.6. The number of pyridine rings is 1. The van der Waals surface area contributed by atoms with E-state index in [0.717, 1.165) is 61.7 Å². The van der Waals surface area contributed by atoms with E-state index >= 15 is 0 Å². The van der Waals surface area contributed by atoms with Crippen LogP contribution in [0.5, 0.6) is 0 Å². The predicted molar refractivity (Wildman–Crippen MR) is 133 cm³/mol. The Hall–Kier alpha value is -2.84. The zero-order valence-electron chi connectivity index (χ0n) is 19.4. The Morgan fingerprint density at radius 3 is 2.35 bits per heavy atom. The third-order valence-electron chi connectivity index (χ3n) is 6.70. The van der Waals surface area contributed by atoms with E-state index in [2.05, 4.69) is 14.8 Å². The number of hydrogen-bond acceptors (Lipinski definition) is 7.